The van der Waals surface area contributed by atoms with Crippen LogP contribution in [0.5, 0.6) is 0 Å². The van der Waals surface area contributed by atoms with Crippen molar-refractivity contribution in [1.29, 1.82) is 0 Å². The van der Waals surface area contributed by atoms with Crippen LogP contribution in [0.15, 0.2) is 41.2 Å². The summed E-state index contributed by atoms with van der Waals surface area (Å²) in [5, 5.41) is 15.8. The summed E-state index contributed by atoms with van der Waals surface area (Å²) < 4.78 is 1.22. The van der Waals surface area contributed by atoms with Crippen molar-refractivity contribution in [2.75, 3.05) is 13.1 Å². The van der Waals surface area contributed by atoms with E-state index in [0.717, 1.165) is 31.2 Å². The molecule has 2 atom stereocenters. The summed E-state index contributed by atoms with van der Waals surface area (Å²) in [5.41, 5.74) is 0.510. The number of benzene rings is 1. The zero-order valence-corrected chi connectivity index (χ0v) is 16.4. The maximum absolute atomic E-state index is 12.8. The van der Waals surface area contributed by atoms with Crippen LogP contribution in [0, 0.1) is 5.92 Å². The van der Waals surface area contributed by atoms with Gasteiger partial charge in [0.05, 0.1) is 11.3 Å². The second-order valence-electron chi connectivity index (χ2n) is 7.86. The summed E-state index contributed by atoms with van der Waals surface area (Å²) in [6.45, 7) is 0.990. The van der Waals surface area contributed by atoms with Crippen molar-refractivity contribution in [1.82, 2.24) is 14.7 Å². The molecule has 7 heteroatoms. The third kappa shape index (κ3) is 3.84. The highest BCUT2D eigenvalue weighted by Gasteiger charge is 2.43. The number of carbonyl (C=O) groups excluding carboxylic acids is 1. The minimum absolute atomic E-state index is 0.0919. The van der Waals surface area contributed by atoms with Gasteiger partial charge in [0.1, 0.15) is 6.54 Å². The molecule has 1 saturated carbocycles. The SMILES string of the molecule is O=C(Cn1nc(-c2ccc(Cl)cc2)ccc1=O)N1CC[C@@]2(O)CCCC[C@H]2C1. The van der Waals surface area contributed by atoms with E-state index in [0.29, 0.717) is 30.2 Å². The highest BCUT2D eigenvalue weighted by atomic mass is 35.5. The van der Waals surface area contributed by atoms with Gasteiger partial charge in [0, 0.05) is 35.7 Å². The summed E-state index contributed by atoms with van der Waals surface area (Å²) in [5.74, 6) is -0.000452. The summed E-state index contributed by atoms with van der Waals surface area (Å²) in [7, 11) is 0. The number of piperidine rings is 1. The number of rotatable bonds is 3. The number of hydrogen-bond acceptors (Lipinski definition) is 4. The number of likely N-dealkylation sites (tertiary alicyclic amines) is 1. The molecule has 1 amide bonds. The van der Waals surface area contributed by atoms with E-state index < -0.39 is 5.60 Å². The molecule has 1 aromatic heterocycles. The van der Waals surface area contributed by atoms with Gasteiger partial charge in [-0.15, -0.1) is 0 Å². The topological polar surface area (TPSA) is 75.4 Å². The zero-order chi connectivity index (χ0) is 19.7. The van der Waals surface area contributed by atoms with Gasteiger partial charge in [-0.3, -0.25) is 9.59 Å². The number of nitrogens with zero attached hydrogens (tertiary/aromatic N) is 3. The van der Waals surface area contributed by atoms with Gasteiger partial charge in [0.2, 0.25) is 5.91 Å². The molecule has 2 aromatic rings. The largest absolute Gasteiger partial charge is 0.389 e. The van der Waals surface area contributed by atoms with Crippen molar-refractivity contribution in [3.63, 3.8) is 0 Å². The molecule has 1 aliphatic carbocycles. The molecule has 1 aromatic carbocycles. The fourth-order valence-corrected chi connectivity index (χ4v) is 4.49. The molecule has 0 spiro atoms. The van der Waals surface area contributed by atoms with Gasteiger partial charge in [-0.25, -0.2) is 4.68 Å². The van der Waals surface area contributed by atoms with Crippen molar-refractivity contribution in [2.24, 2.45) is 5.92 Å². The van der Waals surface area contributed by atoms with E-state index in [4.69, 9.17) is 11.6 Å². The Labute approximate surface area is 168 Å². The zero-order valence-electron chi connectivity index (χ0n) is 15.7. The Morgan fingerprint density at radius 3 is 2.75 bits per heavy atom. The molecular formula is C21H24ClN3O3. The molecule has 2 heterocycles. The summed E-state index contributed by atoms with van der Waals surface area (Å²) in [6.07, 6.45) is 4.53. The monoisotopic (exact) mass is 401 g/mol. The molecule has 6 nitrogen and oxygen atoms in total. The van der Waals surface area contributed by atoms with Crippen molar-refractivity contribution in [3.8, 4) is 11.3 Å². The number of halogens is 1. The molecule has 1 N–H and O–H groups in total. The van der Waals surface area contributed by atoms with Crippen LogP contribution in [0.1, 0.15) is 32.1 Å². The van der Waals surface area contributed by atoms with Crippen LogP contribution in [-0.4, -0.2) is 44.4 Å². The second-order valence-corrected chi connectivity index (χ2v) is 8.29. The van der Waals surface area contributed by atoms with Crippen LogP contribution in [-0.2, 0) is 11.3 Å². The third-order valence-electron chi connectivity index (χ3n) is 6.07. The Hall–Kier alpha value is -2.18. The average Bonchev–Trinajstić information content (AvgIpc) is 2.69. The molecule has 0 unspecified atom stereocenters. The van der Waals surface area contributed by atoms with Crippen molar-refractivity contribution in [2.45, 2.75) is 44.2 Å². The van der Waals surface area contributed by atoms with Gasteiger partial charge in [-0.1, -0.05) is 36.6 Å². The standard InChI is InChI=1S/C21H24ClN3O3/c22-17-6-4-15(5-7-17)18-8-9-19(26)25(23-18)14-20(27)24-12-11-21(28)10-2-1-3-16(21)13-24/h4-9,16,28H,1-3,10-14H2/t16-,21-/m0/s1. The van der Waals surface area contributed by atoms with E-state index in [2.05, 4.69) is 5.10 Å². The predicted octanol–water partition coefficient (Wildman–Crippen LogP) is 2.72. The van der Waals surface area contributed by atoms with E-state index in [1.165, 1.54) is 10.7 Å². The van der Waals surface area contributed by atoms with Crippen molar-refractivity contribution in [3.05, 3.63) is 51.8 Å². The highest BCUT2D eigenvalue weighted by Crippen LogP contribution is 2.39. The second kappa shape index (κ2) is 7.68. The van der Waals surface area contributed by atoms with E-state index >= 15 is 0 Å². The average molecular weight is 402 g/mol. The lowest BCUT2D eigenvalue weighted by Crippen LogP contribution is -2.55. The molecule has 2 fully saturated rings. The first kappa shape index (κ1) is 19.2. The van der Waals surface area contributed by atoms with Crippen LogP contribution in [0.2, 0.25) is 5.02 Å². The Bertz CT molecular complexity index is 927. The summed E-state index contributed by atoms with van der Waals surface area (Å²) in [4.78, 5) is 26.8. The van der Waals surface area contributed by atoms with Crippen LogP contribution in [0.4, 0.5) is 0 Å². The van der Waals surface area contributed by atoms with Crippen LogP contribution in [0.3, 0.4) is 0 Å². The molecule has 4 rings (SSSR count). The predicted molar refractivity (Wildman–Crippen MR) is 107 cm³/mol. The van der Waals surface area contributed by atoms with Gasteiger partial charge in [-0.2, -0.15) is 5.10 Å². The number of aromatic nitrogens is 2. The molecular weight excluding hydrogens is 378 g/mol. The Kier molecular flexibility index (Phi) is 5.25. The number of fused-ring (bicyclic) bond motifs is 1. The molecule has 2 aliphatic rings. The minimum Gasteiger partial charge on any atom is -0.389 e. The number of aliphatic hydroxyl groups is 1. The van der Waals surface area contributed by atoms with Crippen LogP contribution >= 0.6 is 11.6 Å². The molecule has 1 aliphatic heterocycles. The molecule has 148 valence electrons. The first-order valence-electron chi connectivity index (χ1n) is 9.79. The van der Waals surface area contributed by atoms with Crippen LogP contribution < -0.4 is 5.56 Å². The first-order valence-corrected chi connectivity index (χ1v) is 10.2. The Balaban J connectivity index is 1.49. The van der Waals surface area contributed by atoms with Crippen molar-refractivity contribution < 1.29 is 9.90 Å². The highest BCUT2D eigenvalue weighted by molar-refractivity contribution is 6.30. The van der Waals surface area contributed by atoms with E-state index in [1.54, 1.807) is 23.1 Å². The Morgan fingerprint density at radius 1 is 1.18 bits per heavy atom. The third-order valence-corrected chi connectivity index (χ3v) is 6.32. The lowest BCUT2D eigenvalue weighted by molar-refractivity contribution is -0.144. The van der Waals surface area contributed by atoms with Gasteiger partial charge >= 0.3 is 0 Å². The molecule has 28 heavy (non-hydrogen) atoms. The lowest BCUT2D eigenvalue weighted by atomic mass is 9.71. The smallest absolute Gasteiger partial charge is 0.267 e. The molecule has 1 saturated heterocycles. The quantitative estimate of drug-likeness (QED) is 0.858. The number of amides is 1. The van der Waals surface area contributed by atoms with Crippen LogP contribution in [0.25, 0.3) is 11.3 Å². The Morgan fingerprint density at radius 2 is 1.96 bits per heavy atom. The minimum atomic E-state index is -0.626. The first-order chi connectivity index (χ1) is 13.4. The molecule has 0 bridgehead atoms. The number of carbonyl (C=O) groups is 1. The molecule has 0 radical (unpaired) electrons. The van der Waals surface area contributed by atoms with Crippen molar-refractivity contribution >= 4 is 17.5 Å². The normalized spacial score (nSPS) is 24.6. The maximum atomic E-state index is 12.8. The summed E-state index contributed by atoms with van der Waals surface area (Å²) in [6, 6.07) is 10.3. The van der Waals surface area contributed by atoms with E-state index in [9.17, 15) is 14.7 Å². The van der Waals surface area contributed by atoms with E-state index in [1.807, 2.05) is 12.1 Å². The lowest BCUT2D eigenvalue weighted by Gasteiger charge is -2.47. The summed E-state index contributed by atoms with van der Waals surface area (Å²) >= 11 is 5.93. The van der Waals surface area contributed by atoms with E-state index in [-0.39, 0.29) is 23.9 Å². The van der Waals surface area contributed by atoms with Gasteiger partial charge < -0.3 is 10.0 Å². The van der Waals surface area contributed by atoms with Gasteiger partial charge in [0.25, 0.3) is 5.56 Å². The maximum Gasteiger partial charge on any atom is 0.267 e. The van der Waals surface area contributed by atoms with Gasteiger partial charge in [0.15, 0.2) is 0 Å². The van der Waals surface area contributed by atoms with Gasteiger partial charge in [-0.05, 0) is 37.5 Å². The number of hydrogen-bond donors (Lipinski definition) is 1. The fraction of sp³-hybridized carbons (Fsp3) is 0.476. The fourth-order valence-electron chi connectivity index (χ4n) is 4.36.